The second kappa shape index (κ2) is 25.0. The van der Waals surface area contributed by atoms with Gasteiger partial charge >= 0.3 is 0 Å². The van der Waals surface area contributed by atoms with Crippen molar-refractivity contribution in [2.45, 2.75) is 161 Å². The first-order valence-electron chi connectivity index (χ1n) is 13.1. The highest BCUT2D eigenvalue weighted by Gasteiger charge is 2.03. The second-order valence-electron chi connectivity index (χ2n) is 8.83. The highest BCUT2D eigenvalue weighted by Crippen LogP contribution is 2.14. The van der Waals surface area contributed by atoms with E-state index in [-0.39, 0.29) is 0 Å². The molecular weight excluding hydrogens is 344 g/mol. The fraction of sp³-hybridized carbons (Fsp3) is 1.00. The predicted molar refractivity (Wildman–Crippen MR) is 125 cm³/mol. The summed E-state index contributed by atoms with van der Waals surface area (Å²) >= 11 is 0. The molecule has 2 heteroatoms. The summed E-state index contributed by atoms with van der Waals surface area (Å²) in [6, 6.07) is 0. The maximum Gasteiger partial charge on any atom is 0.154 e. The number of hydrogen-bond acceptors (Lipinski definition) is 2. The number of unbranched alkanes of at least 4 members (excludes halogenated alkanes) is 19. The quantitative estimate of drug-likeness (QED) is 0.130. The summed E-state index contributed by atoms with van der Waals surface area (Å²) in [4.78, 5) is 0. The van der Waals surface area contributed by atoms with Crippen LogP contribution in [-0.2, 0) is 4.74 Å². The molecule has 0 saturated heterocycles. The summed E-state index contributed by atoms with van der Waals surface area (Å²) in [5.41, 5.74) is 0. The van der Waals surface area contributed by atoms with Crippen LogP contribution in [0.25, 0.3) is 0 Å². The van der Waals surface area contributed by atoms with Crippen LogP contribution in [0.2, 0.25) is 0 Å². The van der Waals surface area contributed by atoms with Gasteiger partial charge in [-0.15, -0.1) is 0 Å². The van der Waals surface area contributed by atoms with E-state index in [1.807, 2.05) is 0 Å². The molecule has 0 aromatic heterocycles. The van der Waals surface area contributed by atoms with Crippen LogP contribution < -0.4 is 0 Å². The van der Waals surface area contributed by atoms with Gasteiger partial charge < -0.3 is 9.84 Å². The first-order valence-corrected chi connectivity index (χ1v) is 13.1. The van der Waals surface area contributed by atoms with E-state index in [0.29, 0.717) is 0 Å². The molecule has 0 aromatic rings. The van der Waals surface area contributed by atoms with E-state index in [9.17, 15) is 5.11 Å². The monoisotopic (exact) mass is 398 g/mol. The molecule has 1 N–H and O–H groups in total. The smallest absolute Gasteiger partial charge is 0.154 e. The molecule has 0 aliphatic heterocycles. The van der Waals surface area contributed by atoms with Crippen LogP contribution >= 0.6 is 0 Å². The van der Waals surface area contributed by atoms with E-state index < -0.39 is 6.29 Å². The van der Waals surface area contributed by atoms with Gasteiger partial charge in [0.1, 0.15) is 0 Å². The average Bonchev–Trinajstić information content (AvgIpc) is 2.70. The molecule has 0 bridgehead atoms. The summed E-state index contributed by atoms with van der Waals surface area (Å²) in [5.74, 6) is 0. The Labute approximate surface area is 178 Å². The van der Waals surface area contributed by atoms with Crippen LogP contribution in [-0.4, -0.2) is 18.0 Å². The summed E-state index contributed by atoms with van der Waals surface area (Å²) in [7, 11) is 0. The maximum absolute atomic E-state index is 9.87. The topological polar surface area (TPSA) is 29.5 Å². The zero-order valence-electron chi connectivity index (χ0n) is 19.7. The minimum atomic E-state index is -0.530. The van der Waals surface area contributed by atoms with Crippen molar-refractivity contribution in [2.75, 3.05) is 6.61 Å². The van der Waals surface area contributed by atoms with Gasteiger partial charge in [0, 0.05) is 6.61 Å². The Hall–Kier alpha value is -0.0800. The molecular formula is C26H54O2. The number of aliphatic hydroxyl groups excluding tert-OH is 1. The fourth-order valence-corrected chi connectivity index (χ4v) is 3.88. The van der Waals surface area contributed by atoms with Crippen molar-refractivity contribution in [3.05, 3.63) is 0 Å². The van der Waals surface area contributed by atoms with E-state index in [1.54, 1.807) is 0 Å². The first-order chi connectivity index (χ1) is 13.8. The van der Waals surface area contributed by atoms with Crippen molar-refractivity contribution in [1.82, 2.24) is 0 Å². The lowest BCUT2D eigenvalue weighted by Crippen LogP contribution is -2.12. The van der Waals surface area contributed by atoms with E-state index >= 15 is 0 Å². The molecule has 0 aliphatic rings. The van der Waals surface area contributed by atoms with Gasteiger partial charge in [0.2, 0.25) is 0 Å². The van der Waals surface area contributed by atoms with E-state index in [1.165, 1.54) is 122 Å². The van der Waals surface area contributed by atoms with Gasteiger partial charge in [0.05, 0.1) is 0 Å². The van der Waals surface area contributed by atoms with E-state index in [2.05, 4.69) is 13.8 Å². The van der Waals surface area contributed by atoms with Gasteiger partial charge in [-0.3, -0.25) is 0 Å². The van der Waals surface area contributed by atoms with Gasteiger partial charge in [-0.05, 0) is 19.3 Å². The minimum absolute atomic E-state index is 0.530. The van der Waals surface area contributed by atoms with Crippen molar-refractivity contribution in [3.8, 4) is 0 Å². The zero-order valence-corrected chi connectivity index (χ0v) is 19.7. The first kappa shape index (κ1) is 27.9. The average molecular weight is 399 g/mol. The maximum atomic E-state index is 9.87. The lowest BCUT2D eigenvalue weighted by atomic mass is 10.0. The summed E-state index contributed by atoms with van der Waals surface area (Å²) in [6.45, 7) is 5.27. The van der Waals surface area contributed by atoms with Crippen LogP contribution in [0.3, 0.4) is 0 Å². The molecule has 0 aliphatic carbocycles. The SMILES string of the molecule is CCCCCCCCCCCCCCCCOC(O)CCCCCCCCC. The predicted octanol–water partition coefficient (Wildman–Crippen LogP) is 8.94. The Morgan fingerprint density at radius 3 is 1.18 bits per heavy atom. The van der Waals surface area contributed by atoms with Gasteiger partial charge in [0.25, 0.3) is 0 Å². The molecule has 0 fully saturated rings. The third-order valence-electron chi connectivity index (χ3n) is 5.86. The van der Waals surface area contributed by atoms with Crippen LogP contribution in [0.15, 0.2) is 0 Å². The standard InChI is InChI=1S/C26H54O2/c1-3-5-7-9-11-12-13-14-15-16-17-19-21-23-25-28-26(27)24-22-20-18-10-8-6-4-2/h26-27H,3-25H2,1-2H3. The van der Waals surface area contributed by atoms with Crippen molar-refractivity contribution in [2.24, 2.45) is 0 Å². The lowest BCUT2D eigenvalue weighted by Gasteiger charge is -2.11. The molecule has 2 nitrogen and oxygen atoms in total. The Morgan fingerprint density at radius 1 is 0.464 bits per heavy atom. The zero-order chi connectivity index (χ0) is 20.5. The molecule has 28 heavy (non-hydrogen) atoms. The van der Waals surface area contributed by atoms with Crippen LogP contribution in [0.4, 0.5) is 0 Å². The molecule has 0 aromatic carbocycles. The minimum Gasteiger partial charge on any atom is -0.368 e. The number of aliphatic hydroxyl groups is 1. The van der Waals surface area contributed by atoms with Crippen molar-refractivity contribution < 1.29 is 9.84 Å². The van der Waals surface area contributed by atoms with Crippen LogP contribution in [0.5, 0.6) is 0 Å². The normalized spacial score (nSPS) is 12.5. The molecule has 0 amide bonds. The van der Waals surface area contributed by atoms with Crippen LogP contribution in [0, 0.1) is 0 Å². The molecule has 1 unspecified atom stereocenters. The number of hydrogen-bond donors (Lipinski definition) is 1. The third kappa shape index (κ3) is 24.0. The molecule has 0 radical (unpaired) electrons. The number of ether oxygens (including phenoxy) is 1. The van der Waals surface area contributed by atoms with Crippen LogP contribution in [0.1, 0.15) is 155 Å². The van der Waals surface area contributed by atoms with Gasteiger partial charge in [-0.1, -0.05) is 136 Å². The van der Waals surface area contributed by atoms with E-state index in [0.717, 1.165) is 25.9 Å². The fourth-order valence-electron chi connectivity index (χ4n) is 3.88. The summed E-state index contributed by atoms with van der Waals surface area (Å²) in [6.07, 6.45) is 28.6. The second-order valence-corrected chi connectivity index (χ2v) is 8.83. The third-order valence-corrected chi connectivity index (χ3v) is 5.86. The van der Waals surface area contributed by atoms with Crippen molar-refractivity contribution in [3.63, 3.8) is 0 Å². The Balaban J connectivity index is 3.10. The molecule has 0 saturated carbocycles. The Morgan fingerprint density at radius 2 is 0.786 bits per heavy atom. The largest absolute Gasteiger partial charge is 0.368 e. The molecule has 0 rings (SSSR count). The van der Waals surface area contributed by atoms with Gasteiger partial charge in [-0.25, -0.2) is 0 Å². The molecule has 0 heterocycles. The lowest BCUT2D eigenvalue weighted by molar-refractivity contribution is -0.105. The Bertz CT molecular complexity index is 267. The molecule has 170 valence electrons. The summed E-state index contributed by atoms with van der Waals surface area (Å²) in [5, 5.41) is 9.87. The summed E-state index contributed by atoms with van der Waals surface area (Å²) < 4.78 is 5.55. The highest BCUT2D eigenvalue weighted by atomic mass is 16.6. The Kier molecular flexibility index (Phi) is 24.9. The van der Waals surface area contributed by atoms with Crippen molar-refractivity contribution >= 4 is 0 Å². The molecule has 0 spiro atoms. The van der Waals surface area contributed by atoms with Crippen molar-refractivity contribution in [1.29, 1.82) is 0 Å². The molecule has 1 atom stereocenters. The highest BCUT2D eigenvalue weighted by molar-refractivity contribution is 4.51. The van der Waals surface area contributed by atoms with Gasteiger partial charge in [-0.2, -0.15) is 0 Å². The van der Waals surface area contributed by atoms with E-state index in [4.69, 9.17) is 4.74 Å². The van der Waals surface area contributed by atoms with Gasteiger partial charge in [0.15, 0.2) is 6.29 Å². The number of rotatable bonds is 24.